The monoisotopic (exact) mass is 444 g/mol. The van der Waals surface area contributed by atoms with Crippen LogP contribution in [0.4, 0.5) is 5.13 Å². The van der Waals surface area contributed by atoms with Crippen LogP contribution in [0.15, 0.2) is 66.7 Å². The summed E-state index contributed by atoms with van der Waals surface area (Å²) in [6, 6.07) is 22.0. The van der Waals surface area contributed by atoms with E-state index in [-0.39, 0.29) is 5.91 Å². The number of carbonyl (C=O) groups is 1. The lowest BCUT2D eigenvalue weighted by molar-refractivity contribution is 0.0747. The van der Waals surface area contributed by atoms with Gasteiger partial charge in [0.15, 0.2) is 0 Å². The van der Waals surface area contributed by atoms with Gasteiger partial charge in [-0.05, 0) is 40.6 Å². The average molecular weight is 445 g/mol. The van der Waals surface area contributed by atoms with E-state index in [0.29, 0.717) is 19.5 Å². The maximum absolute atomic E-state index is 13.0. The number of rotatable bonds is 5. The molecule has 0 aliphatic carbocycles. The Labute approximate surface area is 191 Å². The molecule has 0 N–H and O–H groups in total. The van der Waals surface area contributed by atoms with E-state index in [1.165, 1.54) is 11.5 Å². The third-order valence-corrected chi connectivity index (χ3v) is 6.60. The Hall–Kier alpha value is -3.45. The van der Waals surface area contributed by atoms with E-state index in [4.69, 9.17) is 9.72 Å². The van der Waals surface area contributed by atoms with E-state index >= 15 is 0 Å². The molecule has 0 unspecified atom stereocenters. The van der Waals surface area contributed by atoms with Gasteiger partial charge in [-0.15, -0.1) is 0 Å². The van der Waals surface area contributed by atoms with E-state index in [2.05, 4.69) is 21.4 Å². The number of nitrogens with zero attached hydrogens (tertiary/aromatic N) is 4. The van der Waals surface area contributed by atoms with Crippen molar-refractivity contribution in [1.82, 2.24) is 14.3 Å². The number of ether oxygens (including phenoxy) is 1. The number of fused-ring (bicyclic) bond motifs is 1. The van der Waals surface area contributed by atoms with Crippen LogP contribution in [0.1, 0.15) is 21.7 Å². The third-order valence-electron chi connectivity index (χ3n) is 5.79. The highest BCUT2D eigenvalue weighted by Gasteiger charge is 2.24. The molecule has 4 aromatic rings. The van der Waals surface area contributed by atoms with Gasteiger partial charge in [-0.3, -0.25) is 4.79 Å². The fourth-order valence-electron chi connectivity index (χ4n) is 4.02. The second kappa shape index (κ2) is 8.96. The zero-order valence-electron chi connectivity index (χ0n) is 17.9. The van der Waals surface area contributed by atoms with Gasteiger partial charge in [0, 0.05) is 49.7 Å². The number of methoxy groups -OCH3 is 1. The molecule has 3 aromatic carbocycles. The molecule has 0 radical (unpaired) electrons. The molecule has 1 saturated heterocycles. The number of anilines is 1. The molecule has 162 valence electrons. The molecule has 1 aliphatic heterocycles. The minimum atomic E-state index is 0.0892. The lowest BCUT2D eigenvalue weighted by Gasteiger charge is -2.34. The summed E-state index contributed by atoms with van der Waals surface area (Å²) in [5.41, 5.74) is 1.87. The zero-order chi connectivity index (χ0) is 21.9. The molecule has 2 heterocycles. The molecule has 1 fully saturated rings. The summed E-state index contributed by atoms with van der Waals surface area (Å²) in [6.07, 6.45) is 0.675. The molecular weight excluding hydrogens is 420 g/mol. The SMILES string of the molecule is COc1cccc(Cc2nsc(N3CCN(C(=O)c4ccc5ccccc5c4)CC3)n2)c1. The van der Waals surface area contributed by atoms with Crippen molar-refractivity contribution in [2.75, 3.05) is 38.2 Å². The molecular formula is C25H24N4O2S. The van der Waals surface area contributed by atoms with Gasteiger partial charge in [0.2, 0.25) is 5.13 Å². The van der Waals surface area contributed by atoms with Crippen LogP contribution in [0.5, 0.6) is 5.75 Å². The first-order valence-electron chi connectivity index (χ1n) is 10.7. The van der Waals surface area contributed by atoms with E-state index in [1.54, 1.807) is 7.11 Å². The average Bonchev–Trinajstić information content (AvgIpc) is 3.32. The number of amides is 1. The van der Waals surface area contributed by atoms with Gasteiger partial charge in [-0.25, -0.2) is 4.98 Å². The van der Waals surface area contributed by atoms with E-state index in [0.717, 1.165) is 51.7 Å². The van der Waals surface area contributed by atoms with Gasteiger partial charge in [0.25, 0.3) is 5.91 Å². The summed E-state index contributed by atoms with van der Waals surface area (Å²) in [4.78, 5) is 21.9. The van der Waals surface area contributed by atoms with Crippen LogP contribution >= 0.6 is 11.5 Å². The summed E-state index contributed by atoms with van der Waals surface area (Å²) in [5, 5.41) is 3.16. The maximum atomic E-state index is 13.0. The summed E-state index contributed by atoms with van der Waals surface area (Å²) >= 11 is 1.42. The Kier molecular flexibility index (Phi) is 5.73. The van der Waals surface area contributed by atoms with Gasteiger partial charge < -0.3 is 14.5 Å². The second-order valence-electron chi connectivity index (χ2n) is 7.86. The Morgan fingerprint density at radius 2 is 1.78 bits per heavy atom. The first-order chi connectivity index (χ1) is 15.7. The molecule has 1 aromatic heterocycles. The quantitative estimate of drug-likeness (QED) is 0.461. The molecule has 32 heavy (non-hydrogen) atoms. The van der Waals surface area contributed by atoms with Crippen LogP contribution in [0.3, 0.4) is 0 Å². The Bertz CT molecular complexity index is 1250. The lowest BCUT2D eigenvalue weighted by atomic mass is 10.1. The van der Waals surface area contributed by atoms with Crippen LogP contribution in [-0.4, -0.2) is 53.5 Å². The van der Waals surface area contributed by atoms with Crippen LogP contribution in [0, 0.1) is 0 Å². The largest absolute Gasteiger partial charge is 0.497 e. The van der Waals surface area contributed by atoms with Crippen molar-refractivity contribution in [3.05, 3.63) is 83.7 Å². The highest BCUT2D eigenvalue weighted by Crippen LogP contribution is 2.23. The van der Waals surface area contributed by atoms with Crippen LogP contribution in [0.2, 0.25) is 0 Å². The first kappa shape index (κ1) is 20.5. The molecule has 0 bridgehead atoms. The van der Waals surface area contributed by atoms with E-state index in [1.807, 2.05) is 59.5 Å². The number of aromatic nitrogens is 2. The van der Waals surface area contributed by atoms with Crippen LogP contribution in [0.25, 0.3) is 10.8 Å². The lowest BCUT2D eigenvalue weighted by Crippen LogP contribution is -2.48. The predicted octanol–water partition coefficient (Wildman–Crippen LogP) is 4.25. The molecule has 1 amide bonds. The van der Waals surface area contributed by atoms with Gasteiger partial charge in [0.1, 0.15) is 11.6 Å². The van der Waals surface area contributed by atoms with Gasteiger partial charge >= 0.3 is 0 Å². The van der Waals surface area contributed by atoms with Crippen molar-refractivity contribution in [3.8, 4) is 5.75 Å². The fourth-order valence-corrected chi connectivity index (χ4v) is 4.75. The number of piperazine rings is 1. The molecule has 5 rings (SSSR count). The first-order valence-corrected chi connectivity index (χ1v) is 11.5. The number of hydrogen-bond acceptors (Lipinski definition) is 6. The van der Waals surface area contributed by atoms with Crippen molar-refractivity contribution in [1.29, 1.82) is 0 Å². The molecule has 0 saturated carbocycles. The highest BCUT2D eigenvalue weighted by molar-refractivity contribution is 7.09. The zero-order valence-corrected chi connectivity index (χ0v) is 18.7. The minimum Gasteiger partial charge on any atom is -0.497 e. The van der Waals surface area contributed by atoms with Crippen LogP contribution in [-0.2, 0) is 6.42 Å². The van der Waals surface area contributed by atoms with Crippen molar-refractivity contribution < 1.29 is 9.53 Å². The van der Waals surface area contributed by atoms with Gasteiger partial charge in [-0.1, -0.05) is 42.5 Å². The van der Waals surface area contributed by atoms with Gasteiger partial charge in [-0.2, -0.15) is 4.37 Å². The highest BCUT2D eigenvalue weighted by atomic mass is 32.1. The van der Waals surface area contributed by atoms with Gasteiger partial charge in [0.05, 0.1) is 7.11 Å². The summed E-state index contributed by atoms with van der Waals surface area (Å²) < 4.78 is 9.84. The van der Waals surface area contributed by atoms with E-state index in [9.17, 15) is 4.79 Å². The third kappa shape index (κ3) is 4.29. The smallest absolute Gasteiger partial charge is 0.253 e. The summed E-state index contributed by atoms with van der Waals surface area (Å²) in [7, 11) is 1.67. The Morgan fingerprint density at radius 1 is 0.969 bits per heavy atom. The van der Waals surface area contributed by atoms with E-state index < -0.39 is 0 Å². The summed E-state index contributed by atoms with van der Waals surface area (Å²) in [6.45, 7) is 2.87. The Balaban J connectivity index is 1.21. The number of carbonyl (C=O) groups excluding carboxylic acids is 1. The van der Waals surface area contributed by atoms with Crippen molar-refractivity contribution in [2.24, 2.45) is 0 Å². The maximum Gasteiger partial charge on any atom is 0.253 e. The number of benzene rings is 3. The topological polar surface area (TPSA) is 58.6 Å². The molecule has 7 heteroatoms. The summed E-state index contributed by atoms with van der Waals surface area (Å²) in [5.74, 6) is 1.74. The normalized spacial score (nSPS) is 14.0. The number of hydrogen-bond donors (Lipinski definition) is 0. The van der Waals surface area contributed by atoms with Crippen molar-refractivity contribution in [2.45, 2.75) is 6.42 Å². The Morgan fingerprint density at radius 3 is 2.59 bits per heavy atom. The van der Waals surface area contributed by atoms with Crippen LogP contribution < -0.4 is 9.64 Å². The second-order valence-corrected chi connectivity index (χ2v) is 8.59. The predicted molar refractivity (Wildman–Crippen MR) is 128 cm³/mol. The standard InChI is InChI=1S/C25H24N4O2S/c1-31-22-8-4-5-18(15-22)16-23-26-25(32-27-23)29-13-11-28(12-14-29)24(30)21-10-9-19-6-2-3-7-20(19)17-21/h2-10,15,17H,11-14,16H2,1H3. The molecule has 1 aliphatic rings. The molecule has 0 atom stereocenters. The minimum absolute atomic E-state index is 0.0892. The van der Waals surface area contributed by atoms with Crippen molar-refractivity contribution >= 4 is 33.3 Å². The molecule has 6 nitrogen and oxygen atoms in total. The fraction of sp³-hybridized carbons (Fsp3) is 0.240. The van der Waals surface area contributed by atoms with Crippen molar-refractivity contribution in [3.63, 3.8) is 0 Å². The molecule has 0 spiro atoms.